The summed E-state index contributed by atoms with van der Waals surface area (Å²) < 4.78 is 124. The number of rotatable bonds is 5. The number of nitrogens with one attached hydrogen (secondary N) is 1. The van der Waals surface area contributed by atoms with E-state index in [1.165, 1.54) is 4.90 Å². The van der Waals surface area contributed by atoms with Crippen LogP contribution in [0.15, 0.2) is 36.4 Å². The average Bonchev–Trinajstić information content (AvgIpc) is 3.02. The third-order valence-electron chi connectivity index (χ3n) is 5.81. The average molecular weight is 528 g/mol. The zero-order valence-electron chi connectivity index (χ0n) is 18.9. The third-order valence-corrected chi connectivity index (χ3v) is 5.81. The van der Waals surface area contributed by atoms with Crippen molar-refractivity contribution < 1.29 is 49.0 Å². The maximum atomic E-state index is 13.3. The van der Waals surface area contributed by atoms with E-state index in [-0.39, 0.29) is 36.0 Å². The molecule has 36 heavy (non-hydrogen) atoms. The van der Waals surface area contributed by atoms with Crippen LogP contribution < -0.4 is 10.2 Å². The highest BCUT2D eigenvalue weighted by molar-refractivity contribution is 5.92. The molecule has 4 nitrogen and oxygen atoms in total. The number of benzene rings is 2. The van der Waals surface area contributed by atoms with Gasteiger partial charge in [0, 0.05) is 25.0 Å². The van der Waals surface area contributed by atoms with Crippen molar-refractivity contribution in [2.45, 2.75) is 50.9 Å². The van der Waals surface area contributed by atoms with Gasteiger partial charge in [-0.3, -0.25) is 4.90 Å². The Bertz CT molecular complexity index is 1080. The molecule has 0 saturated heterocycles. The quantitative estimate of drug-likeness (QED) is 0.426. The minimum atomic E-state index is -5.01. The second-order valence-corrected chi connectivity index (χ2v) is 8.23. The molecule has 3 rings (SSSR count). The summed E-state index contributed by atoms with van der Waals surface area (Å²) in [7, 11) is 0. The summed E-state index contributed by atoms with van der Waals surface area (Å²) >= 11 is 0. The van der Waals surface area contributed by atoms with Crippen LogP contribution in [0.1, 0.15) is 47.6 Å². The van der Waals surface area contributed by atoms with Crippen molar-refractivity contribution >= 4 is 11.8 Å². The summed E-state index contributed by atoms with van der Waals surface area (Å²) in [6.07, 6.45) is -15.5. The van der Waals surface area contributed by atoms with E-state index in [1.807, 2.05) is 0 Å². The molecule has 1 aliphatic rings. The van der Waals surface area contributed by atoms with E-state index < -0.39 is 59.8 Å². The monoisotopic (exact) mass is 528 g/mol. The molecular formula is C23H21F9N2O2. The number of hydrogen-bond donors (Lipinski definition) is 1. The molecule has 2 aromatic rings. The molecule has 0 saturated carbocycles. The number of fused-ring (bicyclic) bond motifs is 1. The number of halogens is 9. The molecule has 0 fully saturated rings. The maximum Gasteiger partial charge on any atom is 0.416 e. The van der Waals surface area contributed by atoms with Gasteiger partial charge in [0.1, 0.15) is 0 Å². The van der Waals surface area contributed by atoms with Gasteiger partial charge in [-0.05, 0) is 61.4 Å². The van der Waals surface area contributed by atoms with Gasteiger partial charge in [0.15, 0.2) is 0 Å². The summed E-state index contributed by atoms with van der Waals surface area (Å²) in [5, 5.41) is 2.73. The lowest BCUT2D eigenvalue weighted by atomic mass is 9.94. The first-order valence-electron chi connectivity index (χ1n) is 10.7. The van der Waals surface area contributed by atoms with E-state index in [1.54, 1.807) is 13.8 Å². The van der Waals surface area contributed by atoms with Crippen molar-refractivity contribution in [3.63, 3.8) is 0 Å². The third kappa shape index (κ3) is 5.88. The molecule has 0 spiro atoms. The highest BCUT2D eigenvalue weighted by Crippen LogP contribution is 2.44. The fraction of sp³-hybridized carbons (Fsp3) is 0.435. The standard InChI is InChI=1S/C23H21F9N2O2/c1-3-36-20(35)34-12(2)18(17-9-14(21(24,25)26)4-5-19(17)34)11-33-10-13-6-15(22(27,28)29)8-16(7-13)23(30,31)32/h4-9,12,18,33H,3,10-11H2,1-2H3. The van der Waals surface area contributed by atoms with Crippen LogP contribution in [0, 0.1) is 0 Å². The lowest BCUT2D eigenvalue weighted by Crippen LogP contribution is -2.39. The maximum absolute atomic E-state index is 13.3. The Morgan fingerprint density at radius 1 is 0.889 bits per heavy atom. The summed E-state index contributed by atoms with van der Waals surface area (Å²) in [5.74, 6) is -0.750. The summed E-state index contributed by atoms with van der Waals surface area (Å²) in [4.78, 5) is 13.6. The number of carbonyl (C=O) groups excluding carboxylic acids is 1. The van der Waals surface area contributed by atoms with Crippen molar-refractivity contribution in [3.8, 4) is 0 Å². The van der Waals surface area contributed by atoms with Crippen molar-refractivity contribution in [2.75, 3.05) is 18.1 Å². The zero-order chi connectivity index (χ0) is 27.1. The molecule has 0 aromatic heterocycles. The second-order valence-electron chi connectivity index (χ2n) is 8.23. The van der Waals surface area contributed by atoms with E-state index in [4.69, 9.17) is 4.74 Å². The lowest BCUT2D eigenvalue weighted by Gasteiger charge is -2.25. The van der Waals surface area contributed by atoms with E-state index in [9.17, 15) is 44.3 Å². The summed E-state index contributed by atoms with van der Waals surface area (Å²) in [6, 6.07) is 3.27. The summed E-state index contributed by atoms with van der Waals surface area (Å²) in [5.41, 5.74) is -3.89. The van der Waals surface area contributed by atoms with Crippen molar-refractivity contribution in [2.24, 2.45) is 0 Å². The molecule has 0 aliphatic carbocycles. The van der Waals surface area contributed by atoms with Gasteiger partial charge in [0.05, 0.1) is 29.0 Å². The van der Waals surface area contributed by atoms with E-state index in [2.05, 4.69) is 5.32 Å². The number of anilines is 1. The van der Waals surface area contributed by atoms with Crippen LogP contribution in [0.2, 0.25) is 0 Å². The van der Waals surface area contributed by atoms with Crippen LogP contribution in [0.5, 0.6) is 0 Å². The number of amides is 1. The van der Waals surface area contributed by atoms with Gasteiger partial charge in [0.25, 0.3) is 0 Å². The van der Waals surface area contributed by atoms with Gasteiger partial charge in [-0.25, -0.2) is 4.79 Å². The van der Waals surface area contributed by atoms with Crippen molar-refractivity contribution in [1.29, 1.82) is 0 Å². The van der Waals surface area contributed by atoms with Crippen LogP contribution in [0.25, 0.3) is 0 Å². The molecule has 2 unspecified atom stereocenters. The fourth-order valence-electron chi connectivity index (χ4n) is 4.14. The number of nitrogens with zero attached hydrogens (tertiary/aromatic N) is 1. The van der Waals surface area contributed by atoms with Crippen LogP contribution in [0.4, 0.5) is 50.0 Å². The molecule has 198 valence electrons. The zero-order valence-corrected chi connectivity index (χ0v) is 18.9. The molecule has 2 aromatic carbocycles. The van der Waals surface area contributed by atoms with Gasteiger partial charge in [0.2, 0.25) is 0 Å². The smallest absolute Gasteiger partial charge is 0.416 e. The van der Waals surface area contributed by atoms with E-state index in [0.29, 0.717) is 12.1 Å². The van der Waals surface area contributed by atoms with Gasteiger partial charge in [-0.15, -0.1) is 0 Å². The van der Waals surface area contributed by atoms with Gasteiger partial charge in [-0.2, -0.15) is 39.5 Å². The molecular weight excluding hydrogens is 507 g/mol. The Labute approximate surface area is 200 Å². The second kappa shape index (κ2) is 9.83. The first-order chi connectivity index (χ1) is 16.5. The first-order valence-corrected chi connectivity index (χ1v) is 10.7. The molecule has 1 N–H and O–H groups in total. The molecule has 0 bridgehead atoms. The predicted octanol–water partition coefficient (Wildman–Crippen LogP) is 6.98. The number of hydrogen-bond acceptors (Lipinski definition) is 3. The molecule has 0 radical (unpaired) electrons. The van der Waals surface area contributed by atoms with Crippen molar-refractivity contribution in [1.82, 2.24) is 5.32 Å². The normalized spacial score (nSPS) is 18.4. The molecule has 13 heteroatoms. The number of ether oxygens (including phenoxy) is 1. The Morgan fingerprint density at radius 2 is 1.44 bits per heavy atom. The van der Waals surface area contributed by atoms with E-state index in [0.717, 1.165) is 18.2 Å². The molecule has 1 amide bonds. The Hall–Kier alpha value is -2.96. The predicted molar refractivity (Wildman–Crippen MR) is 111 cm³/mol. The largest absolute Gasteiger partial charge is 0.449 e. The minimum absolute atomic E-state index is 0.00861. The number of carbonyl (C=O) groups is 1. The molecule has 2 atom stereocenters. The van der Waals surface area contributed by atoms with E-state index >= 15 is 0 Å². The van der Waals surface area contributed by atoms with Crippen LogP contribution in [-0.2, 0) is 29.8 Å². The topological polar surface area (TPSA) is 41.6 Å². The molecule has 1 aliphatic heterocycles. The SMILES string of the molecule is CCOC(=O)N1c2ccc(C(F)(F)F)cc2C(CNCc2cc(C(F)(F)F)cc(C(F)(F)F)c2)C1C. The minimum Gasteiger partial charge on any atom is -0.449 e. The van der Waals surface area contributed by atoms with Crippen LogP contribution in [0.3, 0.4) is 0 Å². The lowest BCUT2D eigenvalue weighted by molar-refractivity contribution is -0.143. The van der Waals surface area contributed by atoms with Gasteiger partial charge >= 0.3 is 24.6 Å². The Kier molecular flexibility index (Phi) is 7.54. The Morgan fingerprint density at radius 3 is 1.94 bits per heavy atom. The van der Waals surface area contributed by atoms with Gasteiger partial charge in [-0.1, -0.05) is 0 Å². The first kappa shape index (κ1) is 27.6. The highest BCUT2D eigenvalue weighted by Gasteiger charge is 2.42. The summed E-state index contributed by atoms with van der Waals surface area (Å²) in [6.45, 7) is 2.56. The van der Waals surface area contributed by atoms with Crippen LogP contribution in [-0.4, -0.2) is 25.3 Å². The van der Waals surface area contributed by atoms with Crippen LogP contribution >= 0.6 is 0 Å². The van der Waals surface area contributed by atoms with Gasteiger partial charge < -0.3 is 10.1 Å². The highest BCUT2D eigenvalue weighted by atomic mass is 19.4. The fourth-order valence-corrected chi connectivity index (χ4v) is 4.14. The molecule has 1 heterocycles. The number of alkyl halides is 9. The Balaban J connectivity index is 1.89. The van der Waals surface area contributed by atoms with Crippen molar-refractivity contribution in [3.05, 3.63) is 64.2 Å².